The Morgan fingerprint density at radius 2 is 1.74 bits per heavy atom. The lowest BCUT2D eigenvalue weighted by molar-refractivity contribution is -0.137. The van der Waals surface area contributed by atoms with Gasteiger partial charge in [0.2, 0.25) is 17.7 Å². The molecule has 2 aliphatic rings. The van der Waals surface area contributed by atoms with Gasteiger partial charge in [-0.15, -0.1) is 11.8 Å². The third kappa shape index (κ3) is 9.39. The van der Waals surface area contributed by atoms with E-state index in [0.717, 1.165) is 38.2 Å². The van der Waals surface area contributed by atoms with Gasteiger partial charge in [-0.3, -0.25) is 19.3 Å². The number of nitrogens with one attached hydrogen (secondary N) is 2. The maximum Gasteiger partial charge on any atom is 0.417 e. The largest absolute Gasteiger partial charge is 0.417 e. The van der Waals surface area contributed by atoms with Crippen molar-refractivity contribution in [1.29, 1.82) is 0 Å². The molecule has 2 aliphatic heterocycles. The zero-order valence-electron chi connectivity index (χ0n) is 22.9. The highest BCUT2D eigenvalue weighted by molar-refractivity contribution is 8.01. The van der Waals surface area contributed by atoms with E-state index in [1.54, 1.807) is 12.1 Å². The third-order valence-electron chi connectivity index (χ3n) is 6.95. The summed E-state index contributed by atoms with van der Waals surface area (Å²) in [7, 11) is 0. The van der Waals surface area contributed by atoms with Gasteiger partial charge in [0.1, 0.15) is 11.9 Å². The van der Waals surface area contributed by atoms with Crippen molar-refractivity contribution >= 4 is 64.3 Å². The number of morpholine rings is 1. The number of ether oxygens (including phenoxy) is 1. The second-order valence-electron chi connectivity index (χ2n) is 10.1. The maximum atomic E-state index is 13.5. The number of carbonyl (C=O) groups excluding carboxylic acids is 3. The van der Waals surface area contributed by atoms with Crippen LogP contribution in [-0.4, -0.2) is 78.7 Å². The summed E-state index contributed by atoms with van der Waals surface area (Å²) in [4.78, 5) is 42.7. The minimum absolute atomic E-state index is 0.187. The van der Waals surface area contributed by atoms with Crippen molar-refractivity contribution in [1.82, 2.24) is 20.4 Å². The average molecular weight is 682 g/mol. The Bertz CT molecular complexity index is 1330. The standard InChI is InChI=1S/C28H30Cl3F3N4O4S/c29-18-3-4-19(22(31)13-18)27-38(16-25(40)35-6-1-7-37-8-10-42-11-9-37)26(41)23(43-27)14-24(39)36-15-17-2-5-21(30)20(12-17)28(32,33)34/h2-5,12-13,23,27H,1,6-11,14-16H2,(H,35,40)(H,36,39)/t23-,27-/m1/s1. The summed E-state index contributed by atoms with van der Waals surface area (Å²) in [5, 5.41) is 4.19. The molecule has 0 spiro atoms. The lowest BCUT2D eigenvalue weighted by Crippen LogP contribution is -2.42. The van der Waals surface area contributed by atoms with Crippen molar-refractivity contribution < 1.29 is 32.3 Å². The first-order valence-electron chi connectivity index (χ1n) is 13.5. The number of thioether (sulfide) groups is 1. The number of rotatable bonds is 11. The van der Waals surface area contributed by atoms with Crippen LogP contribution in [0, 0.1) is 0 Å². The third-order valence-corrected chi connectivity index (χ3v) is 9.31. The molecule has 234 valence electrons. The van der Waals surface area contributed by atoms with Gasteiger partial charge < -0.3 is 20.3 Å². The van der Waals surface area contributed by atoms with Crippen LogP contribution in [0.15, 0.2) is 36.4 Å². The summed E-state index contributed by atoms with van der Waals surface area (Å²) in [6, 6.07) is 8.21. The number of benzene rings is 2. The lowest BCUT2D eigenvalue weighted by Gasteiger charge is -2.26. The van der Waals surface area contributed by atoms with Gasteiger partial charge in [0.15, 0.2) is 0 Å². The van der Waals surface area contributed by atoms with Gasteiger partial charge >= 0.3 is 6.18 Å². The van der Waals surface area contributed by atoms with E-state index in [4.69, 9.17) is 39.5 Å². The highest BCUT2D eigenvalue weighted by Crippen LogP contribution is 2.46. The fourth-order valence-corrected chi connectivity index (χ4v) is 7.02. The van der Waals surface area contributed by atoms with Crippen molar-refractivity contribution in [2.45, 2.75) is 36.2 Å². The Hall–Kier alpha value is -2.22. The summed E-state index contributed by atoms with van der Waals surface area (Å²) in [6.07, 6.45) is -4.15. The molecule has 0 radical (unpaired) electrons. The van der Waals surface area contributed by atoms with Crippen molar-refractivity contribution in [3.63, 3.8) is 0 Å². The SMILES string of the molecule is O=C(C[C@H]1S[C@H](c2ccc(Cl)cc2Cl)N(CC(=O)NCCCN2CCOCC2)C1=O)NCc1ccc(Cl)c(C(F)(F)F)c1. The molecule has 2 aromatic rings. The molecular weight excluding hydrogens is 652 g/mol. The fraction of sp³-hybridized carbons (Fsp3) is 0.464. The van der Waals surface area contributed by atoms with Crippen molar-refractivity contribution in [2.75, 3.05) is 45.9 Å². The lowest BCUT2D eigenvalue weighted by atomic mass is 10.1. The second-order valence-corrected chi connectivity index (χ2v) is 12.6. The van der Waals surface area contributed by atoms with Gasteiger partial charge in [-0.2, -0.15) is 13.2 Å². The molecule has 2 fully saturated rings. The minimum atomic E-state index is -4.64. The molecule has 0 aliphatic carbocycles. The van der Waals surface area contributed by atoms with Gasteiger partial charge in [0.05, 0.1) is 29.0 Å². The number of hydrogen-bond acceptors (Lipinski definition) is 6. The molecule has 4 rings (SSSR count). The zero-order chi connectivity index (χ0) is 31.1. The molecule has 43 heavy (non-hydrogen) atoms. The molecule has 2 N–H and O–H groups in total. The Labute approximate surface area is 266 Å². The molecule has 0 bridgehead atoms. The van der Waals surface area contributed by atoms with Crippen LogP contribution in [0.5, 0.6) is 0 Å². The van der Waals surface area contributed by atoms with Gasteiger partial charge in [-0.25, -0.2) is 0 Å². The minimum Gasteiger partial charge on any atom is -0.379 e. The number of amides is 3. The quantitative estimate of drug-likeness (QED) is 0.319. The van der Waals surface area contributed by atoms with Crippen molar-refractivity contribution in [2.24, 2.45) is 0 Å². The Morgan fingerprint density at radius 3 is 2.44 bits per heavy atom. The van der Waals surface area contributed by atoms with Crippen LogP contribution >= 0.6 is 46.6 Å². The van der Waals surface area contributed by atoms with Crippen LogP contribution in [0.4, 0.5) is 13.2 Å². The summed E-state index contributed by atoms with van der Waals surface area (Å²) in [6.45, 7) is 3.90. The molecule has 8 nitrogen and oxygen atoms in total. The van der Waals surface area contributed by atoms with Crippen LogP contribution < -0.4 is 10.6 Å². The highest BCUT2D eigenvalue weighted by Gasteiger charge is 2.43. The van der Waals surface area contributed by atoms with Crippen molar-refractivity contribution in [3.05, 3.63) is 68.2 Å². The summed E-state index contributed by atoms with van der Waals surface area (Å²) in [5.74, 6) is -1.31. The van der Waals surface area contributed by atoms with Crippen LogP contribution in [0.25, 0.3) is 0 Å². The van der Waals surface area contributed by atoms with E-state index < -0.39 is 39.2 Å². The summed E-state index contributed by atoms with van der Waals surface area (Å²) >= 11 is 19.3. The molecule has 2 saturated heterocycles. The van der Waals surface area contributed by atoms with Crippen molar-refractivity contribution in [3.8, 4) is 0 Å². The molecule has 0 aromatic heterocycles. The first kappa shape index (κ1) is 33.7. The Kier molecular flexibility index (Phi) is 11.9. The molecule has 15 heteroatoms. The first-order valence-corrected chi connectivity index (χ1v) is 15.6. The summed E-state index contributed by atoms with van der Waals surface area (Å²) in [5.41, 5.74) is -0.235. The fourth-order valence-electron chi connectivity index (χ4n) is 4.73. The van der Waals surface area contributed by atoms with Gasteiger partial charge in [-0.1, -0.05) is 46.9 Å². The monoisotopic (exact) mass is 680 g/mol. The molecule has 2 atom stereocenters. The number of halogens is 6. The van der Waals surface area contributed by atoms with E-state index in [2.05, 4.69) is 15.5 Å². The molecule has 0 unspecified atom stereocenters. The van der Waals surface area contributed by atoms with Gasteiger partial charge in [0, 0.05) is 48.2 Å². The maximum absolute atomic E-state index is 13.5. The van der Waals surface area contributed by atoms with E-state index in [9.17, 15) is 27.6 Å². The topological polar surface area (TPSA) is 91.0 Å². The Balaban J connectivity index is 1.37. The second kappa shape index (κ2) is 15.2. The molecule has 2 aromatic carbocycles. The Morgan fingerprint density at radius 1 is 1.00 bits per heavy atom. The predicted molar refractivity (Wildman–Crippen MR) is 160 cm³/mol. The molecule has 0 saturated carbocycles. The molecule has 2 heterocycles. The van der Waals surface area contributed by atoms with E-state index in [1.807, 2.05) is 0 Å². The van der Waals surface area contributed by atoms with Crippen LogP contribution in [0.1, 0.15) is 34.9 Å². The van der Waals surface area contributed by atoms with Crippen LogP contribution in [-0.2, 0) is 31.8 Å². The molecule has 3 amide bonds. The zero-order valence-corrected chi connectivity index (χ0v) is 26.0. The van der Waals surface area contributed by atoms with E-state index in [1.165, 1.54) is 28.8 Å². The van der Waals surface area contributed by atoms with Crippen LogP contribution in [0.2, 0.25) is 15.1 Å². The highest BCUT2D eigenvalue weighted by atomic mass is 35.5. The van der Waals surface area contributed by atoms with Gasteiger partial charge in [0.25, 0.3) is 0 Å². The summed E-state index contributed by atoms with van der Waals surface area (Å²) < 4.78 is 44.9. The number of nitrogens with zero attached hydrogens (tertiary/aromatic N) is 2. The average Bonchev–Trinajstić information content (AvgIpc) is 3.24. The van der Waals surface area contributed by atoms with E-state index >= 15 is 0 Å². The predicted octanol–water partition coefficient (Wildman–Crippen LogP) is 5.15. The number of alkyl halides is 3. The van der Waals surface area contributed by atoms with Gasteiger partial charge in [-0.05, 0) is 42.8 Å². The number of carbonyl (C=O) groups is 3. The normalized spacial score (nSPS) is 19.5. The van der Waals surface area contributed by atoms with E-state index in [0.29, 0.717) is 35.4 Å². The smallest absolute Gasteiger partial charge is 0.379 e. The number of hydrogen-bond donors (Lipinski definition) is 2. The first-order chi connectivity index (χ1) is 20.4. The van der Waals surface area contributed by atoms with Crippen LogP contribution in [0.3, 0.4) is 0 Å². The van der Waals surface area contributed by atoms with E-state index in [-0.39, 0.29) is 31.0 Å². The molecular formula is C28H30Cl3F3N4O4S.